The lowest BCUT2D eigenvalue weighted by atomic mass is 9.83. The van der Waals surface area contributed by atoms with Crippen molar-refractivity contribution < 1.29 is 9.53 Å². The highest BCUT2D eigenvalue weighted by Crippen LogP contribution is 2.48. The highest BCUT2D eigenvalue weighted by atomic mass is 16.6. The van der Waals surface area contributed by atoms with Crippen LogP contribution in [0.5, 0.6) is 0 Å². The Hall–Kier alpha value is -1.05. The molecule has 0 amide bonds. The standard InChI is InChI=1S/C14H20O2/c1-10-6-4-5-7-13-12(10)8-9-14(13,3)16-11(2)15/h5,7,12-13H,1,4,6,8-9H2,2-3H3/t12-,13+,14-/m1/s1. The van der Waals surface area contributed by atoms with Crippen LogP contribution >= 0.6 is 0 Å². The number of ether oxygens (including phenoxy) is 1. The van der Waals surface area contributed by atoms with Crippen LogP contribution in [0, 0.1) is 11.8 Å². The summed E-state index contributed by atoms with van der Waals surface area (Å²) in [5.74, 6) is 0.654. The Morgan fingerprint density at radius 1 is 1.62 bits per heavy atom. The van der Waals surface area contributed by atoms with Crippen molar-refractivity contribution in [3.8, 4) is 0 Å². The van der Waals surface area contributed by atoms with Gasteiger partial charge in [-0.1, -0.05) is 24.3 Å². The second-order valence-corrected chi connectivity index (χ2v) is 5.20. The maximum atomic E-state index is 11.2. The Morgan fingerprint density at radius 2 is 2.38 bits per heavy atom. The molecular weight excluding hydrogens is 200 g/mol. The van der Waals surface area contributed by atoms with Crippen molar-refractivity contribution in [2.45, 2.75) is 45.1 Å². The molecule has 2 heteroatoms. The third-order valence-electron chi connectivity index (χ3n) is 3.97. The summed E-state index contributed by atoms with van der Waals surface area (Å²) in [7, 11) is 0. The second kappa shape index (κ2) is 4.08. The molecule has 3 atom stereocenters. The van der Waals surface area contributed by atoms with Gasteiger partial charge in [0.05, 0.1) is 0 Å². The van der Waals surface area contributed by atoms with Crippen LogP contribution in [0.4, 0.5) is 0 Å². The summed E-state index contributed by atoms with van der Waals surface area (Å²) in [5.41, 5.74) is 1.01. The van der Waals surface area contributed by atoms with Crippen LogP contribution < -0.4 is 0 Å². The number of carbonyl (C=O) groups excluding carboxylic acids is 1. The normalized spacial score (nSPS) is 38.0. The maximum Gasteiger partial charge on any atom is 0.303 e. The van der Waals surface area contributed by atoms with Gasteiger partial charge < -0.3 is 4.74 Å². The van der Waals surface area contributed by atoms with E-state index in [9.17, 15) is 4.79 Å². The van der Waals surface area contributed by atoms with Gasteiger partial charge in [-0.2, -0.15) is 0 Å². The molecule has 0 unspecified atom stereocenters. The summed E-state index contributed by atoms with van der Waals surface area (Å²) < 4.78 is 5.54. The number of allylic oxidation sites excluding steroid dienone is 2. The Labute approximate surface area is 97.4 Å². The van der Waals surface area contributed by atoms with Crippen molar-refractivity contribution in [3.05, 3.63) is 24.3 Å². The highest BCUT2D eigenvalue weighted by Gasteiger charge is 2.47. The molecule has 1 saturated carbocycles. The second-order valence-electron chi connectivity index (χ2n) is 5.20. The smallest absolute Gasteiger partial charge is 0.303 e. The summed E-state index contributed by atoms with van der Waals surface area (Å²) in [4.78, 5) is 11.2. The largest absolute Gasteiger partial charge is 0.459 e. The van der Waals surface area contributed by atoms with E-state index in [-0.39, 0.29) is 11.6 Å². The van der Waals surface area contributed by atoms with E-state index in [1.807, 2.05) is 0 Å². The van der Waals surface area contributed by atoms with Gasteiger partial charge in [-0.15, -0.1) is 0 Å². The zero-order valence-electron chi connectivity index (χ0n) is 10.2. The summed E-state index contributed by atoms with van der Waals surface area (Å²) in [5, 5.41) is 0. The van der Waals surface area contributed by atoms with Crippen molar-refractivity contribution in [1.29, 1.82) is 0 Å². The number of hydrogen-bond acceptors (Lipinski definition) is 2. The first-order valence-corrected chi connectivity index (χ1v) is 6.07. The van der Waals surface area contributed by atoms with Gasteiger partial charge in [-0.05, 0) is 38.5 Å². The van der Waals surface area contributed by atoms with Crippen molar-refractivity contribution >= 4 is 5.97 Å². The number of rotatable bonds is 1. The molecule has 0 N–H and O–H groups in total. The number of carbonyl (C=O) groups is 1. The average Bonchev–Trinajstić information content (AvgIpc) is 2.39. The van der Waals surface area contributed by atoms with Crippen LogP contribution in [0.3, 0.4) is 0 Å². The summed E-state index contributed by atoms with van der Waals surface area (Å²) in [6.45, 7) is 7.73. The van der Waals surface area contributed by atoms with Gasteiger partial charge in [0.2, 0.25) is 0 Å². The van der Waals surface area contributed by atoms with Crippen LogP contribution in [0.2, 0.25) is 0 Å². The molecule has 88 valence electrons. The molecule has 2 aliphatic rings. The third kappa shape index (κ3) is 1.93. The minimum absolute atomic E-state index is 0.175. The zero-order chi connectivity index (χ0) is 11.8. The Morgan fingerprint density at radius 3 is 3.06 bits per heavy atom. The first kappa shape index (κ1) is 11.4. The fourth-order valence-corrected chi connectivity index (χ4v) is 3.15. The van der Waals surface area contributed by atoms with Gasteiger partial charge in [0.1, 0.15) is 5.60 Å². The average molecular weight is 220 g/mol. The minimum Gasteiger partial charge on any atom is -0.459 e. The van der Waals surface area contributed by atoms with Gasteiger partial charge in [-0.25, -0.2) is 0 Å². The van der Waals surface area contributed by atoms with E-state index < -0.39 is 0 Å². The van der Waals surface area contributed by atoms with Crippen molar-refractivity contribution in [2.75, 3.05) is 0 Å². The molecule has 0 spiro atoms. The quantitative estimate of drug-likeness (QED) is 0.501. The van der Waals surface area contributed by atoms with Gasteiger partial charge >= 0.3 is 5.97 Å². The molecule has 0 aliphatic heterocycles. The van der Waals surface area contributed by atoms with Crippen molar-refractivity contribution in [3.63, 3.8) is 0 Å². The SMILES string of the molecule is C=C1CCC=C[C@H]2[C@@H]1CC[C@@]2(C)OC(C)=O. The summed E-state index contributed by atoms with van der Waals surface area (Å²) in [6, 6.07) is 0. The molecule has 0 heterocycles. The minimum atomic E-state index is -0.319. The van der Waals surface area contributed by atoms with E-state index >= 15 is 0 Å². The van der Waals surface area contributed by atoms with Crippen LogP contribution in [0.25, 0.3) is 0 Å². The van der Waals surface area contributed by atoms with E-state index in [1.54, 1.807) is 0 Å². The van der Waals surface area contributed by atoms with Crippen LogP contribution in [-0.4, -0.2) is 11.6 Å². The highest BCUT2D eigenvalue weighted by molar-refractivity contribution is 5.66. The molecule has 2 aliphatic carbocycles. The molecule has 0 aromatic rings. The lowest BCUT2D eigenvalue weighted by molar-refractivity contribution is -0.157. The molecule has 0 aromatic carbocycles. The molecule has 2 rings (SSSR count). The third-order valence-corrected chi connectivity index (χ3v) is 3.97. The fourth-order valence-electron chi connectivity index (χ4n) is 3.15. The van der Waals surface area contributed by atoms with Gasteiger partial charge in [0, 0.05) is 12.8 Å². The zero-order valence-corrected chi connectivity index (χ0v) is 10.2. The van der Waals surface area contributed by atoms with Gasteiger partial charge in [-0.3, -0.25) is 4.79 Å². The molecule has 1 fully saturated rings. The van der Waals surface area contributed by atoms with Crippen LogP contribution in [0.15, 0.2) is 24.3 Å². The lowest BCUT2D eigenvalue weighted by Crippen LogP contribution is -2.35. The molecule has 0 saturated heterocycles. The topological polar surface area (TPSA) is 26.3 Å². The van der Waals surface area contributed by atoms with E-state index in [2.05, 4.69) is 25.7 Å². The molecule has 16 heavy (non-hydrogen) atoms. The monoisotopic (exact) mass is 220 g/mol. The van der Waals surface area contributed by atoms with Gasteiger partial charge in [0.15, 0.2) is 0 Å². The van der Waals surface area contributed by atoms with Crippen molar-refractivity contribution in [1.82, 2.24) is 0 Å². The van der Waals surface area contributed by atoms with Crippen LogP contribution in [-0.2, 0) is 9.53 Å². The summed E-state index contributed by atoms with van der Waals surface area (Å²) in [6.07, 6.45) is 8.64. The predicted octanol–water partition coefficient (Wildman–Crippen LogP) is 3.24. The fraction of sp³-hybridized carbons (Fsp3) is 0.643. The van der Waals surface area contributed by atoms with E-state index in [1.165, 1.54) is 12.5 Å². The van der Waals surface area contributed by atoms with E-state index in [0.29, 0.717) is 11.8 Å². The number of esters is 1. The molecular formula is C14H20O2. The first-order chi connectivity index (χ1) is 7.53. The molecule has 0 aromatic heterocycles. The number of fused-ring (bicyclic) bond motifs is 1. The Kier molecular flexibility index (Phi) is 2.92. The van der Waals surface area contributed by atoms with E-state index in [0.717, 1.165) is 25.7 Å². The Bertz CT molecular complexity index is 343. The Balaban J connectivity index is 2.24. The van der Waals surface area contributed by atoms with E-state index in [4.69, 9.17) is 4.74 Å². The molecule has 2 nitrogen and oxygen atoms in total. The molecule has 0 bridgehead atoms. The van der Waals surface area contributed by atoms with Gasteiger partial charge in [0.25, 0.3) is 0 Å². The van der Waals surface area contributed by atoms with Crippen LogP contribution in [0.1, 0.15) is 39.5 Å². The maximum absolute atomic E-state index is 11.2. The first-order valence-electron chi connectivity index (χ1n) is 6.07. The number of hydrogen-bond donors (Lipinski definition) is 0. The summed E-state index contributed by atoms with van der Waals surface area (Å²) >= 11 is 0. The predicted molar refractivity (Wildman–Crippen MR) is 63.9 cm³/mol. The lowest BCUT2D eigenvalue weighted by Gasteiger charge is -2.31. The van der Waals surface area contributed by atoms with Crippen molar-refractivity contribution in [2.24, 2.45) is 11.8 Å². The molecule has 0 radical (unpaired) electrons.